The number of anilines is 2. The number of alkyl halides is 3. The van der Waals surface area contributed by atoms with Crippen molar-refractivity contribution < 1.29 is 22.7 Å². The first kappa shape index (κ1) is 12.5. The van der Waals surface area contributed by atoms with Crippen molar-refractivity contribution in [1.29, 1.82) is 0 Å². The zero-order valence-corrected chi connectivity index (χ0v) is 9.68. The molecule has 0 aromatic heterocycles. The third-order valence-corrected chi connectivity index (χ3v) is 2.88. The summed E-state index contributed by atoms with van der Waals surface area (Å²) in [7, 11) is 1.43. The van der Waals surface area contributed by atoms with Crippen LogP contribution in [0, 0.1) is 0 Å². The summed E-state index contributed by atoms with van der Waals surface area (Å²) in [6, 6.07) is 4.40. The van der Waals surface area contributed by atoms with Crippen LogP contribution in [0.5, 0.6) is 5.75 Å². The van der Waals surface area contributed by atoms with Gasteiger partial charge in [0.25, 0.3) is 5.91 Å². The van der Waals surface area contributed by atoms with Gasteiger partial charge >= 0.3 is 6.18 Å². The maximum Gasteiger partial charge on any atom is 0.420 e. The second-order valence-corrected chi connectivity index (χ2v) is 4.11. The van der Waals surface area contributed by atoms with Gasteiger partial charge in [0.2, 0.25) is 5.54 Å². The molecule has 0 bridgehead atoms. The average molecular weight is 260 g/mol. The Bertz CT molecular complexity index is 502. The van der Waals surface area contributed by atoms with E-state index in [2.05, 4.69) is 10.6 Å². The van der Waals surface area contributed by atoms with Crippen molar-refractivity contribution in [3.05, 3.63) is 18.2 Å². The summed E-state index contributed by atoms with van der Waals surface area (Å²) in [5.74, 6) is -0.692. The number of ether oxygens (including phenoxy) is 1. The average Bonchev–Trinajstić information content (AvgIpc) is 2.28. The van der Waals surface area contributed by atoms with Gasteiger partial charge in [0.05, 0.1) is 18.5 Å². The molecule has 1 heterocycles. The number of amides is 1. The van der Waals surface area contributed by atoms with Crippen LogP contribution < -0.4 is 15.4 Å². The van der Waals surface area contributed by atoms with E-state index < -0.39 is 17.6 Å². The Kier molecular flexibility index (Phi) is 2.64. The normalized spacial score (nSPS) is 22.8. The minimum atomic E-state index is -4.69. The second-order valence-electron chi connectivity index (χ2n) is 4.11. The van der Waals surface area contributed by atoms with Crippen LogP contribution in [0.4, 0.5) is 24.5 Å². The van der Waals surface area contributed by atoms with E-state index in [1.54, 1.807) is 0 Å². The first-order chi connectivity index (χ1) is 8.28. The number of halogens is 3. The molecule has 18 heavy (non-hydrogen) atoms. The third-order valence-electron chi connectivity index (χ3n) is 2.88. The van der Waals surface area contributed by atoms with Gasteiger partial charge in [-0.05, 0) is 19.1 Å². The van der Waals surface area contributed by atoms with Crippen molar-refractivity contribution in [1.82, 2.24) is 0 Å². The van der Waals surface area contributed by atoms with E-state index >= 15 is 0 Å². The van der Waals surface area contributed by atoms with E-state index in [1.807, 2.05) is 0 Å². The molecule has 7 heteroatoms. The lowest BCUT2D eigenvalue weighted by molar-refractivity contribution is -0.179. The largest absolute Gasteiger partial charge is 0.497 e. The maximum absolute atomic E-state index is 12.9. The molecule has 0 aliphatic carbocycles. The molecule has 1 aromatic carbocycles. The molecule has 2 N–H and O–H groups in total. The Labute approximate surface area is 101 Å². The van der Waals surface area contributed by atoms with Crippen LogP contribution in [0.3, 0.4) is 0 Å². The number of fused-ring (bicyclic) bond motifs is 1. The Hall–Kier alpha value is -1.92. The van der Waals surface area contributed by atoms with Gasteiger partial charge in [0, 0.05) is 6.07 Å². The zero-order chi connectivity index (χ0) is 13.6. The summed E-state index contributed by atoms with van der Waals surface area (Å²) >= 11 is 0. The molecule has 1 atom stereocenters. The van der Waals surface area contributed by atoms with Gasteiger partial charge in [-0.3, -0.25) is 4.79 Å². The number of benzene rings is 1. The number of hydrogen-bond donors (Lipinski definition) is 2. The Morgan fingerprint density at radius 2 is 1.94 bits per heavy atom. The second kappa shape index (κ2) is 3.79. The highest BCUT2D eigenvalue weighted by molar-refractivity contribution is 6.06. The van der Waals surface area contributed by atoms with E-state index in [0.717, 1.165) is 6.92 Å². The summed E-state index contributed by atoms with van der Waals surface area (Å²) in [6.45, 7) is 0.801. The lowest BCUT2D eigenvalue weighted by Gasteiger charge is -2.37. The minimum Gasteiger partial charge on any atom is -0.497 e. The van der Waals surface area contributed by atoms with Gasteiger partial charge in [-0.25, -0.2) is 0 Å². The number of rotatable bonds is 1. The Balaban J connectivity index is 2.43. The van der Waals surface area contributed by atoms with Crippen LogP contribution in [0.15, 0.2) is 18.2 Å². The fraction of sp³-hybridized carbons (Fsp3) is 0.364. The smallest absolute Gasteiger partial charge is 0.420 e. The molecule has 4 nitrogen and oxygen atoms in total. The molecule has 0 saturated carbocycles. The van der Waals surface area contributed by atoms with Crippen LogP contribution in [-0.2, 0) is 4.79 Å². The predicted molar refractivity (Wildman–Crippen MR) is 59.7 cm³/mol. The zero-order valence-electron chi connectivity index (χ0n) is 9.68. The fourth-order valence-electron chi connectivity index (χ4n) is 1.64. The third kappa shape index (κ3) is 1.75. The maximum atomic E-state index is 12.9. The summed E-state index contributed by atoms with van der Waals surface area (Å²) in [4.78, 5) is 11.6. The molecule has 0 radical (unpaired) electrons. The highest BCUT2D eigenvalue weighted by Gasteiger charge is 2.58. The predicted octanol–water partition coefficient (Wildman–Crippen LogP) is 2.38. The van der Waals surface area contributed by atoms with Gasteiger partial charge in [0.15, 0.2) is 0 Å². The summed E-state index contributed by atoms with van der Waals surface area (Å²) < 4.78 is 43.5. The van der Waals surface area contributed by atoms with Crippen molar-refractivity contribution in [2.24, 2.45) is 0 Å². The lowest BCUT2D eigenvalue weighted by Crippen LogP contribution is -2.60. The number of nitrogens with one attached hydrogen (secondary N) is 2. The van der Waals surface area contributed by atoms with E-state index in [9.17, 15) is 18.0 Å². The first-order valence-corrected chi connectivity index (χ1v) is 5.12. The van der Waals surface area contributed by atoms with E-state index in [4.69, 9.17) is 4.74 Å². The first-order valence-electron chi connectivity index (χ1n) is 5.12. The summed E-state index contributed by atoms with van der Waals surface area (Å²) in [5.41, 5.74) is -2.16. The Morgan fingerprint density at radius 3 is 2.50 bits per heavy atom. The molecule has 0 fully saturated rings. The molecule has 0 saturated heterocycles. The van der Waals surface area contributed by atoms with Crippen molar-refractivity contribution in [2.75, 3.05) is 17.7 Å². The number of hydrogen-bond acceptors (Lipinski definition) is 3. The standard InChI is InChI=1S/C11H11F3N2O2/c1-10(11(12,13)14)9(17)15-8-5-6(18-2)3-4-7(8)16-10/h3-5,16H,1-2H3,(H,15,17). The molecule has 1 aliphatic heterocycles. The molecule has 0 spiro atoms. The fourth-order valence-corrected chi connectivity index (χ4v) is 1.64. The topological polar surface area (TPSA) is 50.4 Å². The van der Waals surface area contributed by atoms with Crippen LogP contribution in [0.1, 0.15) is 6.92 Å². The van der Waals surface area contributed by atoms with Crippen LogP contribution in [0.25, 0.3) is 0 Å². The van der Waals surface area contributed by atoms with E-state index in [1.165, 1.54) is 25.3 Å². The van der Waals surface area contributed by atoms with Crippen molar-refractivity contribution in [2.45, 2.75) is 18.6 Å². The SMILES string of the molecule is COc1ccc2c(c1)NC(=O)C(C)(C(F)(F)F)N2. The van der Waals surface area contributed by atoms with Crippen LogP contribution >= 0.6 is 0 Å². The molecule has 2 rings (SSSR count). The molecule has 1 unspecified atom stereocenters. The van der Waals surface area contributed by atoms with Crippen molar-refractivity contribution in [3.63, 3.8) is 0 Å². The Morgan fingerprint density at radius 1 is 1.28 bits per heavy atom. The van der Waals surface area contributed by atoms with Gasteiger partial charge < -0.3 is 15.4 Å². The van der Waals surface area contributed by atoms with Gasteiger partial charge in [0.1, 0.15) is 5.75 Å². The molecule has 1 aromatic rings. The lowest BCUT2D eigenvalue weighted by atomic mass is 9.96. The van der Waals surface area contributed by atoms with Gasteiger partial charge in [-0.1, -0.05) is 0 Å². The number of carbonyl (C=O) groups excluding carboxylic acids is 1. The summed E-state index contributed by atoms with van der Waals surface area (Å²) in [6.07, 6.45) is -4.69. The van der Waals surface area contributed by atoms with Gasteiger partial charge in [-0.15, -0.1) is 0 Å². The minimum absolute atomic E-state index is 0.204. The van der Waals surface area contributed by atoms with E-state index in [0.29, 0.717) is 5.75 Å². The summed E-state index contributed by atoms with van der Waals surface area (Å²) in [5, 5.41) is 4.45. The van der Waals surface area contributed by atoms with Crippen molar-refractivity contribution in [3.8, 4) is 5.75 Å². The molecule has 1 aliphatic rings. The monoisotopic (exact) mass is 260 g/mol. The molecule has 98 valence electrons. The highest BCUT2D eigenvalue weighted by atomic mass is 19.4. The van der Waals surface area contributed by atoms with Gasteiger partial charge in [-0.2, -0.15) is 13.2 Å². The quantitative estimate of drug-likeness (QED) is 0.815. The van der Waals surface area contributed by atoms with Crippen LogP contribution in [-0.4, -0.2) is 24.7 Å². The van der Waals surface area contributed by atoms with Crippen LogP contribution in [0.2, 0.25) is 0 Å². The number of methoxy groups -OCH3 is 1. The number of carbonyl (C=O) groups is 1. The van der Waals surface area contributed by atoms with E-state index in [-0.39, 0.29) is 11.4 Å². The molecular formula is C11H11F3N2O2. The molecule has 1 amide bonds. The highest BCUT2D eigenvalue weighted by Crippen LogP contribution is 2.40. The van der Waals surface area contributed by atoms with Crippen molar-refractivity contribution >= 4 is 17.3 Å². The molecular weight excluding hydrogens is 249 g/mol.